The summed E-state index contributed by atoms with van der Waals surface area (Å²) in [7, 11) is 0. The number of carbonyl (C=O) groups is 1. The minimum Gasteiger partial charge on any atom is -0.323 e. The first-order valence-corrected chi connectivity index (χ1v) is 8.45. The summed E-state index contributed by atoms with van der Waals surface area (Å²) in [5.41, 5.74) is 3.16. The molecule has 1 aromatic carbocycles. The zero-order valence-corrected chi connectivity index (χ0v) is 15.1. The fraction of sp³-hybridized carbons (Fsp3) is 0.588. The summed E-state index contributed by atoms with van der Waals surface area (Å²) in [4.78, 5) is 14.9. The normalized spacial score (nSPS) is 24.1. The summed E-state index contributed by atoms with van der Waals surface area (Å²) < 4.78 is 0.947. The number of rotatable bonds is 3. The van der Waals surface area contributed by atoms with Crippen LogP contribution < -0.4 is 5.32 Å². The van der Waals surface area contributed by atoms with E-state index in [4.69, 9.17) is 0 Å². The molecule has 3 nitrogen and oxygen atoms in total. The number of hydrogen-bond donors (Lipinski definition) is 1. The Kier molecular flexibility index (Phi) is 5.10. The highest BCUT2D eigenvalue weighted by Crippen LogP contribution is 2.30. The number of nitrogens with zero attached hydrogens (tertiary/aromatic N) is 1. The van der Waals surface area contributed by atoms with Crippen LogP contribution in [-0.4, -0.2) is 28.9 Å². The van der Waals surface area contributed by atoms with E-state index in [-0.39, 0.29) is 11.9 Å². The summed E-state index contributed by atoms with van der Waals surface area (Å²) in [5, 5.41) is 3.10. The molecule has 1 aromatic rings. The lowest BCUT2D eigenvalue weighted by atomic mass is 10.1. The van der Waals surface area contributed by atoms with Gasteiger partial charge in [0.05, 0.1) is 11.7 Å². The Hall–Kier alpha value is -0.870. The Bertz CT molecular complexity index is 511. The van der Waals surface area contributed by atoms with Crippen molar-refractivity contribution in [1.82, 2.24) is 4.90 Å². The number of aryl methyl sites for hydroxylation is 2. The third-order valence-corrected chi connectivity index (χ3v) is 5.15. The Morgan fingerprint density at radius 1 is 1.29 bits per heavy atom. The van der Waals surface area contributed by atoms with Gasteiger partial charge in [-0.3, -0.25) is 9.69 Å². The predicted molar refractivity (Wildman–Crippen MR) is 91.7 cm³/mol. The molecule has 0 bridgehead atoms. The lowest BCUT2D eigenvalue weighted by Crippen LogP contribution is -2.47. The molecule has 1 N–H and O–H groups in total. The smallest absolute Gasteiger partial charge is 0.241 e. The van der Waals surface area contributed by atoms with E-state index >= 15 is 0 Å². The van der Waals surface area contributed by atoms with Gasteiger partial charge in [0, 0.05) is 16.6 Å². The van der Waals surface area contributed by atoms with Gasteiger partial charge in [0.2, 0.25) is 5.91 Å². The van der Waals surface area contributed by atoms with E-state index in [1.54, 1.807) is 0 Å². The van der Waals surface area contributed by atoms with E-state index in [1.807, 2.05) is 19.9 Å². The first kappa shape index (κ1) is 16.5. The van der Waals surface area contributed by atoms with Crippen molar-refractivity contribution in [2.45, 2.75) is 65.6 Å². The van der Waals surface area contributed by atoms with Crippen molar-refractivity contribution in [1.29, 1.82) is 0 Å². The third-order valence-electron chi connectivity index (χ3n) is 4.53. The summed E-state index contributed by atoms with van der Waals surface area (Å²) in [6, 6.07) is 4.97. The summed E-state index contributed by atoms with van der Waals surface area (Å²) in [6.45, 7) is 10.5. The standard InChI is InChI=1S/C17H25BrN2O/c1-10-8-11(2)16(15(18)9-10)19-17(21)14(5)20-12(3)6-7-13(20)4/h8-9,12-14H,6-7H2,1-5H3,(H,19,21). The maximum Gasteiger partial charge on any atom is 0.241 e. The number of likely N-dealkylation sites (tertiary alicyclic amines) is 1. The van der Waals surface area contributed by atoms with Gasteiger partial charge in [0.15, 0.2) is 0 Å². The molecule has 0 spiro atoms. The largest absolute Gasteiger partial charge is 0.323 e. The van der Waals surface area contributed by atoms with Crippen LogP contribution in [0, 0.1) is 13.8 Å². The van der Waals surface area contributed by atoms with E-state index < -0.39 is 0 Å². The van der Waals surface area contributed by atoms with Crippen LogP contribution in [0.4, 0.5) is 5.69 Å². The fourth-order valence-corrected chi connectivity index (χ4v) is 4.19. The summed E-state index contributed by atoms with van der Waals surface area (Å²) in [5.74, 6) is 0.0725. The SMILES string of the molecule is Cc1cc(C)c(NC(=O)C(C)N2C(C)CCC2C)c(Br)c1. The zero-order chi connectivity index (χ0) is 15.7. The Labute approximate surface area is 136 Å². The first-order valence-electron chi connectivity index (χ1n) is 7.66. The molecular formula is C17H25BrN2O. The van der Waals surface area contributed by atoms with Crippen molar-refractivity contribution in [3.05, 3.63) is 27.7 Å². The number of amides is 1. The lowest BCUT2D eigenvalue weighted by molar-refractivity contribution is -0.121. The monoisotopic (exact) mass is 352 g/mol. The number of nitrogens with one attached hydrogen (secondary N) is 1. The molecule has 0 radical (unpaired) electrons. The van der Waals surface area contributed by atoms with E-state index in [0.717, 1.165) is 15.7 Å². The maximum absolute atomic E-state index is 12.6. The van der Waals surface area contributed by atoms with E-state index in [1.165, 1.54) is 18.4 Å². The molecule has 116 valence electrons. The molecule has 0 aromatic heterocycles. The van der Waals surface area contributed by atoms with Crippen LogP contribution in [0.1, 0.15) is 44.7 Å². The molecule has 1 amide bonds. The molecule has 0 aliphatic carbocycles. The van der Waals surface area contributed by atoms with Gasteiger partial charge in [-0.25, -0.2) is 0 Å². The Morgan fingerprint density at radius 3 is 2.38 bits per heavy atom. The van der Waals surface area contributed by atoms with Crippen molar-refractivity contribution in [3.8, 4) is 0 Å². The van der Waals surface area contributed by atoms with Crippen LogP contribution in [0.25, 0.3) is 0 Å². The van der Waals surface area contributed by atoms with Gasteiger partial charge in [-0.2, -0.15) is 0 Å². The Morgan fingerprint density at radius 2 is 1.86 bits per heavy atom. The number of carbonyl (C=O) groups excluding carboxylic acids is 1. The average molecular weight is 353 g/mol. The summed E-state index contributed by atoms with van der Waals surface area (Å²) >= 11 is 3.55. The molecule has 0 saturated carbocycles. The van der Waals surface area contributed by atoms with Gasteiger partial charge in [-0.15, -0.1) is 0 Å². The minimum absolute atomic E-state index is 0.0725. The van der Waals surface area contributed by atoms with Crippen LogP contribution >= 0.6 is 15.9 Å². The van der Waals surface area contributed by atoms with Crippen molar-refractivity contribution in [2.75, 3.05) is 5.32 Å². The Balaban J connectivity index is 2.15. The van der Waals surface area contributed by atoms with Gasteiger partial charge >= 0.3 is 0 Å². The van der Waals surface area contributed by atoms with E-state index in [2.05, 4.69) is 53.0 Å². The second-order valence-electron chi connectivity index (χ2n) is 6.33. The first-order chi connectivity index (χ1) is 9.81. The van der Waals surface area contributed by atoms with Gasteiger partial charge in [0.25, 0.3) is 0 Å². The van der Waals surface area contributed by atoms with Crippen LogP contribution in [-0.2, 0) is 4.79 Å². The highest BCUT2D eigenvalue weighted by molar-refractivity contribution is 9.10. The van der Waals surface area contributed by atoms with Gasteiger partial charge < -0.3 is 5.32 Å². The topological polar surface area (TPSA) is 32.3 Å². The molecular weight excluding hydrogens is 328 g/mol. The number of anilines is 1. The molecule has 1 heterocycles. The second kappa shape index (κ2) is 6.49. The van der Waals surface area contributed by atoms with Crippen LogP contribution in [0.15, 0.2) is 16.6 Å². The van der Waals surface area contributed by atoms with Crippen molar-refractivity contribution in [2.24, 2.45) is 0 Å². The van der Waals surface area contributed by atoms with Crippen molar-refractivity contribution in [3.63, 3.8) is 0 Å². The quantitative estimate of drug-likeness (QED) is 0.880. The molecule has 1 fully saturated rings. The highest BCUT2D eigenvalue weighted by atomic mass is 79.9. The minimum atomic E-state index is -0.106. The van der Waals surface area contributed by atoms with E-state index in [9.17, 15) is 4.79 Å². The van der Waals surface area contributed by atoms with Gasteiger partial charge in [-0.05, 0) is 80.6 Å². The molecule has 2 rings (SSSR count). The molecule has 3 unspecified atom stereocenters. The molecule has 21 heavy (non-hydrogen) atoms. The predicted octanol–water partition coefficient (Wildman–Crippen LogP) is 4.27. The number of hydrogen-bond acceptors (Lipinski definition) is 2. The van der Waals surface area contributed by atoms with Crippen LogP contribution in [0.3, 0.4) is 0 Å². The number of benzene rings is 1. The van der Waals surface area contributed by atoms with Crippen LogP contribution in [0.2, 0.25) is 0 Å². The zero-order valence-electron chi connectivity index (χ0n) is 13.5. The summed E-state index contributed by atoms with van der Waals surface area (Å²) in [6.07, 6.45) is 2.35. The third kappa shape index (κ3) is 3.49. The maximum atomic E-state index is 12.6. The van der Waals surface area contributed by atoms with Crippen molar-refractivity contribution < 1.29 is 4.79 Å². The molecule has 3 atom stereocenters. The molecule has 1 aliphatic rings. The van der Waals surface area contributed by atoms with Gasteiger partial charge in [-0.1, -0.05) is 6.07 Å². The number of halogens is 1. The fourth-order valence-electron chi connectivity index (χ4n) is 3.42. The highest BCUT2D eigenvalue weighted by Gasteiger charge is 2.34. The molecule has 4 heteroatoms. The van der Waals surface area contributed by atoms with Gasteiger partial charge in [0.1, 0.15) is 0 Å². The van der Waals surface area contributed by atoms with Crippen molar-refractivity contribution >= 4 is 27.5 Å². The lowest BCUT2D eigenvalue weighted by Gasteiger charge is -2.31. The second-order valence-corrected chi connectivity index (χ2v) is 7.18. The van der Waals surface area contributed by atoms with Crippen LogP contribution in [0.5, 0.6) is 0 Å². The average Bonchev–Trinajstić information content (AvgIpc) is 2.72. The van der Waals surface area contributed by atoms with E-state index in [0.29, 0.717) is 12.1 Å². The molecule has 1 saturated heterocycles. The molecule has 1 aliphatic heterocycles.